The largest absolute Gasteiger partial charge is 0.396 e. The lowest BCUT2D eigenvalue weighted by molar-refractivity contribution is 0.121. The van der Waals surface area contributed by atoms with Gasteiger partial charge in [-0.2, -0.15) is 0 Å². The number of hydrogen-bond acceptors (Lipinski definition) is 4. The van der Waals surface area contributed by atoms with Gasteiger partial charge in [-0.1, -0.05) is 34.1 Å². The van der Waals surface area contributed by atoms with Gasteiger partial charge in [-0.3, -0.25) is 0 Å². The van der Waals surface area contributed by atoms with Crippen LogP contribution < -0.4 is 5.73 Å². The van der Waals surface area contributed by atoms with E-state index in [0.29, 0.717) is 6.54 Å². The molecule has 4 heteroatoms. The first-order valence-electron chi connectivity index (χ1n) is 6.63. The molecule has 0 aliphatic heterocycles. The molecule has 1 aromatic rings. The van der Waals surface area contributed by atoms with Crippen LogP contribution in [-0.4, -0.2) is 23.2 Å². The summed E-state index contributed by atoms with van der Waals surface area (Å²) in [6.45, 7) is 9.28. The second-order valence-corrected chi connectivity index (χ2v) is 7.11. The third-order valence-electron chi connectivity index (χ3n) is 3.40. The van der Waals surface area contributed by atoms with Gasteiger partial charge < -0.3 is 10.8 Å². The third-order valence-corrected chi connectivity index (χ3v) is 4.24. The van der Waals surface area contributed by atoms with E-state index in [1.165, 1.54) is 0 Å². The molecule has 0 bridgehead atoms. The monoisotopic (exact) mass is 270 g/mol. The highest BCUT2D eigenvalue weighted by Gasteiger charge is 2.29. The van der Waals surface area contributed by atoms with Gasteiger partial charge in [0.15, 0.2) is 0 Å². The Morgan fingerprint density at radius 3 is 2.44 bits per heavy atom. The molecule has 0 aliphatic carbocycles. The van der Waals surface area contributed by atoms with Gasteiger partial charge in [0.1, 0.15) is 0 Å². The Bertz CT molecular complexity index is 364. The van der Waals surface area contributed by atoms with E-state index in [1.54, 1.807) is 11.3 Å². The Morgan fingerprint density at radius 1 is 1.39 bits per heavy atom. The fraction of sp³-hybridized carbons (Fsp3) is 0.786. The highest BCUT2D eigenvalue weighted by Crippen LogP contribution is 2.31. The van der Waals surface area contributed by atoms with Crippen LogP contribution in [0.4, 0.5) is 0 Å². The van der Waals surface area contributed by atoms with Crippen molar-refractivity contribution in [1.29, 1.82) is 0 Å². The number of aliphatic hydroxyl groups excluding tert-OH is 1. The first-order valence-corrected chi connectivity index (χ1v) is 7.50. The van der Waals surface area contributed by atoms with Gasteiger partial charge in [-0.05, 0) is 6.42 Å². The molecule has 1 atom stereocenters. The molecule has 1 heterocycles. The first kappa shape index (κ1) is 15.6. The zero-order valence-electron chi connectivity index (χ0n) is 12.0. The molecule has 18 heavy (non-hydrogen) atoms. The summed E-state index contributed by atoms with van der Waals surface area (Å²) in [4.78, 5) is 4.70. The number of nitrogens with two attached hydrogens (primary N) is 1. The first-order chi connectivity index (χ1) is 8.37. The van der Waals surface area contributed by atoms with Crippen LogP contribution in [0.15, 0.2) is 5.38 Å². The van der Waals surface area contributed by atoms with E-state index in [4.69, 9.17) is 10.7 Å². The number of nitrogens with zero attached hydrogens (tertiary/aromatic N) is 1. The van der Waals surface area contributed by atoms with Crippen LogP contribution in [0.2, 0.25) is 0 Å². The maximum atomic E-state index is 9.63. The highest BCUT2D eigenvalue weighted by atomic mass is 32.1. The lowest BCUT2D eigenvalue weighted by Crippen LogP contribution is -2.36. The van der Waals surface area contributed by atoms with Gasteiger partial charge in [0.05, 0.1) is 17.3 Å². The summed E-state index contributed by atoms with van der Waals surface area (Å²) < 4.78 is 0. The van der Waals surface area contributed by atoms with Crippen LogP contribution in [0.5, 0.6) is 0 Å². The van der Waals surface area contributed by atoms with E-state index >= 15 is 0 Å². The SMILES string of the molecule is CCCC(CN)(CO)Cc1nc(C(C)(C)C)cs1. The van der Waals surface area contributed by atoms with Crippen LogP contribution >= 0.6 is 11.3 Å². The molecule has 0 spiro atoms. The van der Waals surface area contributed by atoms with Crippen LogP contribution in [-0.2, 0) is 11.8 Å². The number of thiazole rings is 1. The van der Waals surface area contributed by atoms with E-state index in [1.807, 2.05) is 0 Å². The molecule has 0 aliphatic rings. The van der Waals surface area contributed by atoms with E-state index in [0.717, 1.165) is 30.0 Å². The molecular formula is C14H26N2OS. The predicted octanol–water partition coefficient (Wildman–Crippen LogP) is 2.72. The van der Waals surface area contributed by atoms with Crippen molar-refractivity contribution in [3.63, 3.8) is 0 Å². The van der Waals surface area contributed by atoms with Crippen molar-refractivity contribution < 1.29 is 5.11 Å². The molecule has 3 N–H and O–H groups in total. The summed E-state index contributed by atoms with van der Waals surface area (Å²) in [6.07, 6.45) is 2.77. The summed E-state index contributed by atoms with van der Waals surface area (Å²) >= 11 is 1.68. The number of aromatic nitrogens is 1. The number of aliphatic hydroxyl groups is 1. The van der Waals surface area contributed by atoms with Gasteiger partial charge in [0, 0.05) is 29.2 Å². The predicted molar refractivity (Wildman–Crippen MR) is 78.0 cm³/mol. The fourth-order valence-electron chi connectivity index (χ4n) is 2.05. The molecule has 1 unspecified atom stereocenters. The number of hydrogen-bond donors (Lipinski definition) is 2. The summed E-state index contributed by atoms with van der Waals surface area (Å²) in [6, 6.07) is 0. The zero-order chi connectivity index (χ0) is 13.8. The van der Waals surface area contributed by atoms with Crippen molar-refractivity contribution in [2.45, 2.75) is 52.4 Å². The quantitative estimate of drug-likeness (QED) is 0.835. The van der Waals surface area contributed by atoms with Crippen LogP contribution in [0.3, 0.4) is 0 Å². The van der Waals surface area contributed by atoms with Crippen molar-refractivity contribution in [3.05, 3.63) is 16.1 Å². The molecule has 1 rings (SSSR count). The molecule has 0 radical (unpaired) electrons. The smallest absolute Gasteiger partial charge is 0.0935 e. The Hall–Kier alpha value is -0.450. The Morgan fingerprint density at radius 2 is 2.06 bits per heavy atom. The molecular weight excluding hydrogens is 244 g/mol. The Labute approximate surface area is 114 Å². The maximum Gasteiger partial charge on any atom is 0.0935 e. The Balaban J connectivity index is 2.85. The van der Waals surface area contributed by atoms with Gasteiger partial charge in [-0.15, -0.1) is 11.3 Å². The van der Waals surface area contributed by atoms with Gasteiger partial charge in [0.2, 0.25) is 0 Å². The van der Waals surface area contributed by atoms with Gasteiger partial charge in [-0.25, -0.2) is 4.98 Å². The topological polar surface area (TPSA) is 59.1 Å². The summed E-state index contributed by atoms with van der Waals surface area (Å²) in [5.41, 5.74) is 6.88. The fourth-order valence-corrected chi connectivity index (χ4v) is 3.24. The standard InChI is InChI=1S/C14H26N2OS/c1-5-6-14(9-15,10-17)7-12-16-11(8-18-12)13(2,3)4/h8,17H,5-7,9-10,15H2,1-4H3. The van der Waals surface area contributed by atoms with Gasteiger partial charge in [0.25, 0.3) is 0 Å². The average molecular weight is 270 g/mol. The minimum Gasteiger partial charge on any atom is -0.396 e. The lowest BCUT2D eigenvalue weighted by Gasteiger charge is -2.29. The van der Waals surface area contributed by atoms with Crippen LogP contribution in [0.1, 0.15) is 51.2 Å². The molecule has 0 aromatic carbocycles. The van der Waals surface area contributed by atoms with Crippen molar-refractivity contribution in [2.24, 2.45) is 11.1 Å². The Kier molecular flexibility index (Phi) is 5.32. The molecule has 0 saturated heterocycles. The summed E-state index contributed by atoms with van der Waals surface area (Å²) in [5.74, 6) is 0. The van der Waals surface area contributed by atoms with Crippen molar-refractivity contribution in [2.75, 3.05) is 13.2 Å². The van der Waals surface area contributed by atoms with Gasteiger partial charge >= 0.3 is 0 Å². The minimum atomic E-state index is -0.193. The van der Waals surface area contributed by atoms with Crippen LogP contribution in [0, 0.1) is 5.41 Å². The third kappa shape index (κ3) is 3.77. The minimum absolute atomic E-state index is 0.0874. The van der Waals surface area contributed by atoms with Crippen molar-refractivity contribution in [3.8, 4) is 0 Å². The summed E-state index contributed by atoms with van der Waals surface area (Å²) in [5, 5.41) is 12.8. The molecule has 3 nitrogen and oxygen atoms in total. The van der Waals surface area contributed by atoms with Crippen LogP contribution in [0.25, 0.3) is 0 Å². The normalized spacial score (nSPS) is 15.7. The lowest BCUT2D eigenvalue weighted by atomic mass is 9.81. The highest BCUT2D eigenvalue weighted by molar-refractivity contribution is 7.09. The summed E-state index contributed by atoms with van der Waals surface area (Å²) in [7, 11) is 0. The molecule has 0 saturated carbocycles. The van der Waals surface area contributed by atoms with E-state index in [-0.39, 0.29) is 17.4 Å². The second-order valence-electron chi connectivity index (χ2n) is 6.17. The van der Waals surface area contributed by atoms with E-state index in [2.05, 4.69) is 33.1 Å². The maximum absolute atomic E-state index is 9.63. The molecule has 0 fully saturated rings. The number of rotatable bonds is 6. The van der Waals surface area contributed by atoms with Crippen molar-refractivity contribution >= 4 is 11.3 Å². The van der Waals surface area contributed by atoms with E-state index < -0.39 is 0 Å². The van der Waals surface area contributed by atoms with Crippen molar-refractivity contribution in [1.82, 2.24) is 4.98 Å². The zero-order valence-corrected chi connectivity index (χ0v) is 12.8. The second kappa shape index (κ2) is 6.13. The molecule has 104 valence electrons. The molecule has 0 amide bonds. The molecule has 1 aromatic heterocycles. The van der Waals surface area contributed by atoms with E-state index in [9.17, 15) is 5.11 Å². The average Bonchev–Trinajstić information content (AvgIpc) is 2.76.